The second-order valence-corrected chi connectivity index (χ2v) is 3.37. The molecule has 0 heteroatoms. The van der Waals surface area contributed by atoms with Crippen molar-refractivity contribution in [2.24, 2.45) is 11.8 Å². The van der Waals surface area contributed by atoms with E-state index in [1.165, 1.54) is 0 Å². The van der Waals surface area contributed by atoms with Gasteiger partial charge >= 0.3 is 0 Å². The standard InChI is InChI=1S/C11H18/c1-10(2)8-6-5-7-9-11(3)4/h5-6,8-11H,1-4H3. The molecule has 0 nitrogen and oxygen atoms in total. The molecule has 0 aromatic carbocycles. The van der Waals surface area contributed by atoms with E-state index in [0.717, 1.165) is 0 Å². The van der Waals surface area contributed by atoms with Crippen LogP contribution in [0.2, 0.25) is 0 Å². The van der Waals surface area contributed by atoms with Crippen LogP contribution in [0.1, 0.15) is 27.7 Å². The van der Waals surface area contributed by atoms with E-state index in [-0.39, 0.29) is 0 Å². The van der Waals surface area contributed by atoms with Gasteiger partial charge in [0.1, 0.15) is 0 Å². The molecule has 0 heterocycles. The van der Waals surface area contributed by atoms with Crippen LogP contribution in [0.15, 0.2) is 30.0 Å². The molecule has 0 unspecified atom stereocenters. The lowest BCUT2D eigenvalue weighted by atomic mass is 10.2. The predicted octanol–water partition coefficient (Wildman–Crippen LogP) is 3.57. The first-order valence-electron chi connectivity index (χ1n) is 4.22. The molecule has 0 aromatic rings. The van der Waals surface area contributed by atoms with Crippen LogP contribution < -0.4 is 0 Å². The Balaban J connectivity index is 3.76. The van der Waals surface area contributed by atoms with Gasteiger partial charge in [0.2, 0.25) is 0 Å². The monoisotopic (exact) mass is 150 g/mol. The molecule has 0 aliphatic rings. The Morgan fingerprint density at radius 1 is 1.00 bits per heavy atom. The topological polar surface area (TPSA) is 0 Å². The van der Waals surface area contributed by atoms with Crippen LogP contribution in [0.25, 0.3) is 0 Å². The van der Waals surface area contributed by atoms with Gasteiger partial charge in [-0.1, -0.05) is 39.8 Å². The summed E-state index contributed by atoms with van der Waals surface area (Å²) in [6, 6.07) is 0. The lowest BCUT2D eigenvalue weighted by molar-refractivity contribution is 0.830. The summed E-state index contributed by atoms with van der Waals surface area (Å²) in [7, 11) is 0. The average molecular weight is 150 g/mol. The highest BCUT2D eigenvalue weighted by molar-refractivity contribution is 5.03. The van der Waals surface area contributed by atoms with Crippen LogP contribution in [0.4, 0.5) is 0 Å². The third-order valence-electron chi connectivity index (χ3n) is 1.12. The SMILES string of the molecule is CC(C)C=C=CC=CC(C)C. The molecule has 11 heavy (non-hydrogen) atoms. The molecule has 0 bridgehead atoms. The van der Waals surface area contributed by atoms with Crippen LogP contribution >= 0.6 is 0 Å². The Hall–Kier alpha value is -0.740. The van der Waals surface area contributed by atoms with Crippen LogP contribution in [-0.4, -0.2) is 0 Å². The van der Waals surface area contributed by atoms with Crippen LogP contribution in [0.3, 0.4) is 0 Å². The Morgan fingerprint density at radius 3 is 2.09 bits per heavy atom. The van der Waals surface area contributed by atoms with Gasteiger partial charge in [-0.15, -0.1) is 5.73 Å². The molecule has 0 radical (unpaired) electrons. The van der Waals surface area contributed by atoms with Crippen molar-refractivity contribution >= 4 is 0 Å². The highest BCUT2D eigenvalue weighted by Crippen LogP contribution is 1.94. The van der Waals surface area contributed by atoms with E-state index in [0.29, 0.717) is 11.8 Å². The minimum atomic E-state index is 0.596. The van der Waals surface area contributed by atoms with Gasteiger partial charge in [0.25, 0.3) is 0 Å². The van der Waals surface area contributed by atoms with Gasteiger partial charge in [0, 0.05) is 0 Å². The molecule has 0 spiro atoms. The summed E-state index contributed by atoms with van der Waals surface area (Å²) in [6.07, 6.45) is 8.22. The molecule has 0 amide bonds. The van der Waals surface area contributed by atoms with E-state index in [4.69, 9.17) is 0 Å². The number of rotatable bonds is 3. The molecule has 0 aromatic heterocycles. The van der Waals surface area contributed by atoms with Crippen molar-refractivity contribution in [3.8, 4) is 0 Å². The lowest BCUT2D eigenvalue weighted by Crippen LogP contribution is -1.75. The Kier molecular flexibility index (Phi) is 5.60. The van der Waals surface area contributed by atoms with E-state index in [2.05, 4.69) is 45.6 Å². The van der Waals surface area contributed by atoms with Crippen molar-refractivity contribution in [2.45, 2.75) is 27.7 Å². The maximum absolute atomic E-state index is 3.10. The fourth-order valence-electron chi connectivity index (χ4n) is 0.581. The average Bonchev–Trinajstić information content (AvgIpc) is 1.85. The molecule has 0 saturated carbocycles. The summed E-state index contributed by atoms with van der Waals surface area (Å²) in [5.41, 5.74) is 3.10. The summed E-state index contributed by atoms with van der Waals surface area (Å²) in [5.74, 6) is 1.23. The fourth-order valence-corrected chi connectivity index (χ4v) is 0.581. The zero-order valence-corrected chi connectivity index (χ0v) is 7.96. The van der Waals surface area contributed by atoms with E-state index in [1.807, 2.05) is 12.2 Å². The van der Waals surface area contributed by atoms with E-state index >= 15 is 0 Å². The van der Waals surface area contributed by atoms with Gasteiger partial charge < -0.3 is 0 Å². The Labute approximate surface area is 70.3 Å². The van der Waals surface area contributed by atoms with Crippen molar-refractivity contribution in [1.29, 1.82) is 0 Å². The maximum Gasteiger partial charge on any atom is -0.0206 e. The van der Waals surface area contributed by atoms with Crippen LogP contribution in [-0.2, 0) is 0 Å². The lowest BCUT2D eigenvalue weighted by Gasteiger charge is -1.88. The largest absolute Gasteiger partial charge is 0.125 e. The molecule has 0 atom stereocenters. The molecule has 0 saturated heterocycles. The van der Waals surface area contributed by atoms with Gasteiger partial charge in [0.15, 0.2) is 0 Å². The molecule has 0 N–H and O–H groups in total. The number of hydrogen-bond donors (Lipinski definition) is 0. The van der Waals surface area contributed by atoms with Gasteiger partial charge in [0.05, 0.1) is 0 Å². The smallest absolute Gasteiger partial charge is 0.0206 e. The van der Waals surface area contributed by atoms with E-state index in [9.17, 15) is 0 Å². The fraction of sp³-hybridized carbons (Fsp3) is 0.545. The maximum atomic E-state index is 3.10. The molecule has 0 aliphatic carbocycles. The summed E-state index contributed by atoms with van der Waals surface area (Å²) >= 11 is 0. The molecular weight excluding hydrogens is 132 g/mol. The predicted molar refractivity (Wildman–Crippen MR) is 51.5 cm³/mol. The highest BCUT2D eigenvalue weighted by Gasteiger charge is 1.79. The van der Waals surface area contributed by atoms with E-state index < -0.39 is 0 Å². The first-order valence-corrected chi connectivity index (χ1v) is 4.22. The van der Waals surface area contributed by atoms with Crippen LogP contribution in [0.5, 0.6) is 0 Å². The van der Waals surface area contributed by atoms with Gasteiger partial charge in [-0.2, -0.15) is 0 Å². The van der Waals surface area contributed by atoms with Crippen molar-refractivity contribution in [1.82, 2.24) is 0 Å². The number of allylic oxidation sites excluding steroid dienone is 3. The minimum Gasteiger partial charge on any atom is -0.125 e. The molecule has 0 fully saturated rings. The zero-order chi connectivity index (χ0) is 8.69. The van der Waals surface area contributed by atoms with E-state index in [1.54, 1.807) is 0 Å². The molecule has 0 rings (SSSR count). The summed E-state index contributed by atoms with van der Waals surface area (Å²) in [5, 5.41) is 0. The summed E-state index contributed by atoms with van der Waals surface area (Å²) in [6.45, 7) is 8.62. The minimum absolute atomic E-state index is 0.596. The van der Waals surface area contributed by atoms with Crippen molar-refractivity contribution in [2.75, 3.05) is 0 Å². The molecule has 62 valence electrons. The Bertz CT molecular complexity index is 164. The highest BCUT2D eigenvalue weighted by atomic mass is 13.9. The Morgan fingerprint density at radius 2 is 1.64 bits per heavy atom. The van der Waals surface area contributed by atoms with Gasteiger partial charge in [-0.05, 0) is 24.0 Å². The molecule has 0 aliphatic heterocycles. The first-order chi connectivity index (χ1) is 5.13. The van der Waals surface area contributed by atoms with Crippen LogP contribution in [0, 0.1) is 11.8 Å². The quantitative estimate of drug-likeness (QED) is 0.426. The van der Waals surface area contributed by atoms with Gasteiger partial charge in [-0.25, -0.2) is 0 Å². The second-order valence-electron chi connectivity index (χ2n) is 3.37. The van der Waals surface area contributed by atoms with Crippen molar-refractivity contribution in [3.05, 3.63) is 30.0 Å². The van der Waals surface area contributed by atoms with Crippen molar-refractivity contribution < 1.29 is 0 Å². The molecular formula is C11H18. The zero-order valence-electron chi connectivity index (χ0n) is 7.96. The third-order valence-corrected chi connectivity index (χ3v) is 1.12. The third kappa shape index (κ3) is 9.26. The van der Waals surface area contributed by atoms with Crippen molar-refractivity contribution in [3.63, 3.8) is 0 Å². The first kappa shape index (κ1) is 10.3. The van der Waals surface area contributed by atoms with Gasteiger partial charge in [-0.3, -0.25) is 0 Å². The normalized spacial score (nSPS) is 10.7. The number of hydrogen-bond acceptors (Lipinski definition) is 0. The summed E-state index contributed by atoms with van der Waals surface area (Å²) in [4.78, 5) is 0. The summed E-state index contributed by atoms with van der Waals surface area (Å²) < 4.78 is 0. The second kappa shape index (κ2) is 6.00.